The van der Waals surface area contributed by atoms with Gasteiger partial charge in [0.25, 0.3) is 0 Å². The van der Waals surface area contributed by atoms with Crippen LogP contribution in [0.3, 0.4) is 0 Å². The highest BCUT2D eigenvalue weighted by atomic mass is 19.4. The summed E-state index contributed by atoms with van der Waals surface area (Å²) in [6, 6.07) is 0. The summed E-state index contributed by atoms with van der Waals surface area (Å²) in [6.45, 7) is -0.288. The molecule has 2 aliphatic rings. The zero-order valence-corrected chi connectivity index (χ0v) is 10.9. The molecular formula is C13H16F3N3O. The second-order valence-electron chi connectivity index (χ2n) is 5.81. The molecule has 3 rings (SSSR count). The zero-order valence-electron chi connectivity index (χ0n) is 10.9. The monoisotopic (exact) mass is 287 g/mol. The molecule has 1 unspecified atom stereocenters. The second kappa shape index (κ2) is 4.49. The third-order valence-electron chi connectivity index (χ3n) is 4.44. The van der Waals surface area contributed by atoms with Crippen LogP contribution in [0.4, 0.5) is 13.2 Å². The van der Waals surface area contributed by atoms with Crippen molar-refractivity contribution in [3.63, 3.8) is 0 Å². The van der Waals surface area contributed by atoms with E-state index in [1.807, 2.05) is 0 Å². The van der Waals surface area contributed by atoms with Gasteiger partial charge in [-0.1, -0.05) is 0 Å². The number of carbonyl (C=O) groups is 1. The lowest BCUT2D eigenvalue weighted by Crippen LogP contribution is -2.41. The number of halogens is 3. The van der Waals surface area contributed by atoms with Crippen LogP contribution in [-0.4, -0.2) is 28.8 Å². The second-order valence-corrected chi connectivity index (χ2v) is 5.81. The van der Waals surface area contributed by atoms with Crippen LogP contribution in [-0.2, 0) is 17.6 Å². The molecule has 7 heteroatoms. The van der Waals surface area contributed by atoms with E-state index in [0.717, 1.165) is 17.7 Å². The molecule has 1 amide bonds. The van der Waals surface area contributed by atoms with Gasteiger partial charge >= 0.3 is 6.18 Å². The minimum atomic E-state index is -4.22. The molecule has 1 atom stereocenters. The fraction of sp³-hybridized carbons (Fsp3) is 0.692. The Labute approximate surface area is 114 Å². The van der Waals surface area contributed by atoms with Gasteiger partial charge in [0.05, 0.1) is 11.6 Å². The van der Waals surface area contributed by atoms with E-state index in [9.17, 15) is 18.0 Å². The molecule has 2 aliphatic carbocycles. The maximum atomic E-state index is 12.8. The first-order valence-corrected chi connectivity index (χ1v) is 6.77. The molecule has 20 heavy (non-hydrogen) atoms. The van der Waals surface area contributed by atoms with E-state index in [1.54, 1.807) is 6.20 Å². The third kappa shape index (κ3) is 2.29. The number of amides is 1. The summed E-state index contributed by atoms with van der Waals surface area (Å²) in [5, 5.41) is 9.29. The summed E-state index contributed by atoms with van der Waals surface area (Å²) in [7, 11) is 0. The van der Waals surface area contributed by atoms with Gasteiger partial charge in [0, 0.05) is 18.2 Å². The van der Waals surface area contributed by atoms with E-state index in [2.05, 4.69) is 15.5 Å². The van der Waals surface area contributed by atoms with E-state index in [0.29, 0.717) is 12.8 Å². The highest BCUT2D eigenvalue weighted by Gasteiger charge is 2.63. The molecule has 1 aromatic heterocycles. The summed E-state index contributed by atoms with van der Waals surface area (Å²) < 4.78 is 38.3. The van der Waals surface area contributed by atoms with Crippen LogP contribution >= 0.6 is 0 Å². The SMILES string of the molecule is O=C(NCC1(C(F)(F)F)CC1)C1CCc2[nH]ncc2C1. The normalized spacial score (nSPS) is 24.1. The summed E-state index contributed by atoms with van der Waals surface area (Å²) in [5.74, 6) is -0.517. The van der Waals surface area contributed by atoms with Crippen molar-refractivity contribution < 1.29 is 18.0 Å². The summed E-state index contributed by atoms with van der Waals surface area (Å²) >= 11 is 0. The van der Waals surface area contributed by atoms with Crippen LogP contribution in [0.2, 0.25) is 0 Å². The van der Waals surface area contributed by atoms with E-state index < -0.39 is 11.6 Å². The van der Waals surface area contributed by atoms with Crippen molar-refractivity contribution in [1.29, 1.82) is 0 Å². The first-order chi connectivity index (χ1) is 9.41. The van der Waals surface area contributed by atoms with Gasteiger partial charge in [-0.25, -0.2) is 0 Å². The minimum Gasteiger partial charge on any atom is -0.355 e. The van der Waals surface area contributed by atoms with Crippen molar-refractivity contribution in [1.82, 2.24) is 15.5 Å². The Kier molecular flexibility index (Phi) is 3.02. The Balaban J connectivity index is 1.56. The Bertz CT molecular complexity index is 519. The summed E-state index contributed by atoms with van der Waals surface area (Å²) in [6.07, 6.45) is -0.368. The number of H-pyrrole nitrogens is 1. The van der Waals surface area contributed by atoms with Gasteiger partial charge in [-0.05, 0) is 37.7 Å². The van der Waals surface area contributed by atoms with Crippen molar-refractivity contribution in [2.45, 2.75) is 38.3 Å². The van der Waals surface area contributed by atoms with Crippen LogP contribution in [0.25, 0.3) is 0 Å². The molecule has 1 heterocycles. The van der Waals surface area contributed by atoms with Crippen LogP contribution < -0.4 is 5.32 Å². The van der Waals surface area contributed by atoms with Crippen molar-refractivity contribution in [3.8, 4) is 0 Å². The lowest BCUT2D eigenvalue weighted by Gasteiger charge is -2.24. The lowest BCUT2D eigenvalue weighted by molar-refractivity contribution is -0.185. The average Bonchev–Trinajstić information content (AvgIpc) is 3.06. The van der Waals surface area contributed by atoms with Gasteiger partial charge in [0.2, 0.25) is 5.91 Å². The molecule has 2 N–H and O–H groups in total. The zero-order chi connectivity index (χ0) is 14.4. The predicted molar refractivity (Wildman–Crippen MR) is 64.8 cm³/mol. The fourth-order valence-corrected chi connectivity index (χ4v) is 2.75. The number of hydrogen-bond acceptors (Lipinski definition) is 2. The van der Waals surface area contributed by atoms with Crippen LogP contribution in [0, 0.1) is 11.3 Å². The Hall–Kier alpha value is -1.53. The van der Waals surface area contributed by atoms with Crippen molar-refractivity contribution >= 4 is 5.91 Å². The third-order valence-corrected chi connectivity index (χ3v) is 4.44. The topological polar surface area (TPSA) is 57.8 Å². The summed E-state index contributed by atoms with van der Waals surface area (Å²) in [4.78, 5) is 12.0. The quantitative estimate of drug-likeness (QED) is 0.893. The number of fused-ring (bicyclic) bond motifs is 1. The Morgan fingerprint density at radius 2 is 2.25 bits per heavy atom. The Morgan fingerprint density at radius 3 is 2.90 bits per heavy atom. The molecule has 1 saturated carbocycles. The van der Waals surface area contributed by atoms with Crippen LogP contribution in [0.15, 0.2) is 6.20 Å². The average molecular weight is 287 g/mol. The first-order valence-electron chi connectivity index (χ1n) is 6.77. The number of alkyl halides is 3. The molecule has 0 spiro atoms. The van der Waals surface area contributed by atoms with Crippen molar-refractivity contribution in [2.24, 2.45) is 11.3 Å². The van der Waals surface area contributed by atoms with Gasteiger partial charge < -0.3 is 5.32 Å². The maximum Gasteiger partial charge on any atom is 0.396 e. The highest BCUT2D eigenvalue weighted by molar-refractivity contribution is 5.79. The van der Waals surface area contributed by atoms with Crippen LogP contribution in [0.5, 0.6) is 0 Å². The molecular weight excluding hydrogens is 271 g/mol. The molecule has 1 fully saturated rings. The van der Waals surface area contributed by atoms with Gasteiger partial charge in [0.15, 0.2) is 0 Å². The molecule has 0 bridgehead atoms. The van der Waals surface area contributed by atoms with Gasteiger partial charge in [0.1, 0.15) is 0 Å². The molecule has 0 aliphatic heterocycles. The fourth-order valence-electron chi connectivity index (χ4n) is 2.75. The lowest BCUT2D eigenvalue weighted by atomic mass is 9.87. The smallest absolute Gasteiger partial charge is 0.355 e. The molecule has 110 valence electrons. The van der Waals surface area contributed by atoms with Crippen LogP contribution in [0.1, 0.15) is 30.5 Å². The van der Waals surface area contributed by atoms with E-state index in [-0.39, 0.29) is 31.2 Å². The number of carbonyl (C=O) groups excluding carboxylic acids is 1. The number of aryl methyl sites for hydroxylation is 1. The number of aromatic amines is 1. The van der Waals surface area contributed by atoms with Gasteiger partial charge in [-0.15, -0.1) is 0 Å². The van der Waals surface area contributed by atoms with E-state index in [1.165, 1.54) is 0 Å². The minimum absolute atomic E-state index is 0.118. The molecule has 0 radical (unpaired) electrons. The molecule has 1 aromatic rings. The Morgan fingerprint density at radius 1 is 1.50 bits per heavy atom. The largest absolute Gasteiger partial charge is 0.396 e. The molecule has 0 aromatic carbocycles. The van der Waals surface area contributed by atoms with Crippen molar-refractivity contribution in [2.75, 3.05) is 6.54 Å². The highest BCUT2D eigenvalue weighted by Crippen LogP contribution is 2.57. The molecule has 0 saturated heterocycles. The number of nitrogens with one attached hydrogen (secondary N) is 2. The van der Waals surface area contributed by atoms with Gasteiger partial charge in [-0.2, -0.15) is 18.3 Å². The number of hydrogen-bond donors (Lipinski definition) is 2. The van der Waals surface area contributed by atoms with E-state index >= 15 is 0 Å². The number of aromatic nitrogens is 2. The molecule has 4 nitrogen and oxygen atoms in total. The van der Waals surface area contributed by atoms with Crippen molar-refractivity contribution in [3.05, 3.63) is 17.5 Å². The van der Waals surface area contributed by atoms with E-state index in [4.69, 9.17) is 0 Å². The number of rotatable bonds is 3. The summed E-state index contributed by atoms with van der Waals surface area (Å²) in [5.41, 5.74) is 0.356. The van der Waals surface area contributed by atoms with Gasteiger partial charge in [-0.3, -0.25) is 9.89 Å². The number of nitrogens with zero attached hydrogens (tertiary/aromatic N) is 1. The standard InChI is InChI=1S/C13H16F3N3O/c14-13(15,16)12(3-4-12)7-17-11(20)8-1-2-10-9(5-8)6-18-19-10/h6,8H,1-5,7H2,(H,17,20)(H,18,19). The maximum absolute atomic E-state index is 12.8. The predicted octanol–water partition coefficient (Wildman–Crippen LogP) is 1.97. The first kappa shape index (κ1) is 13.5.